The summed E-state index contributed by atoms with van der Waals surface area (Å²) in [4.78, 5) is 16.0. The minimum Gasteiger partial charge on any atom is -0.458 e. The molecule has 1 aromatic rings. The van der Waals surface area contributed by atoms with E-state index in [1.165, 1.54) is 0 Å². The summed E-state index contributed by atoms with van der Waals surface area (Å²) in [6.07, 6.45) is 4.17. The van der Waals surface area contributed by atoms with Crippen molar-refractivity contribution in [2.75, 3.05) is 0 Å². The highest BCUT2D eigenvalue weighted by Gasteiger charge is 2.29. The highest BCUT2D eigenvalue weighted by atomic mass is 79.9. The molecule has 0 amide bonds. The van der Waals surface area contributed by atoms with E-state index in [1.54, 1.807) is 18.2 Å². The molecular formula is C14H18BrNO2. The van der Waals surface area contributed by atoms with E-state index < -0.39 is 0 Å². The molecule has 98 valence electrons. The van der Waals surface area contributed by atoms with Gasteiger partial charge in [0.25, 0.3) is 0 Å². The molecule has 1 heterocycles. The molecule has 0 spiro atoms. The maximum absolute atomic E-state index is 11.9. The van der Waals surface area contributed by atoms with Crippen molar-refractivity contribution in [3.63, 3.8) is 0 Å². The molecule has 3 nitrogen and oxygen atoms in total. The van der Waals surface area contributed by atoms with Gasteiger partial charge in [-0.1, -0.05) is 19.9 Å². The monoisotopic (exact) mass is 311 g/mol. The number of nitrogens with zero attached hydrogens (tertiary/aromatic N) is 1. The maximum atomic E-state index is 11.9. The van der Waals surface area contributed by atoms with Gasteiger partial charge in [-0.3, -0.25) is 0 Å². The number of ether oxygens (including phenoxy) is 1. The van der Waals surface area contributed by atoms with Crippen LogP contribution in [0.5, 0.6) is 0 Å². The molecule has 2 rings (SSSR count). The second kappa shape index (κ2) is 5.39. The molecule has 0 bridgehead atoms. The Balaban J connectivity index is 1.93. The van der Waals surface area contributed by atoms with E-state index in [4.69, 9.17) is 4.74 Å². The molecule has 4 heteroatoms. The third-order valence-corrected chi connectivity index (χ3v) is 3.93. The Hall–Kier alpha value is -0.900. The van der Waals surface area contributed by atoms with Gasteiger partial charge in [-0.05, 0) is 59.2 Å². The largest absolute Gasteiger partial charge is 0.458 e. The van der Waals surface area contributed by atoms with Crippen LogP contribution in [-0.4, -0.2) is 17.1 Å². The van der Waals surface area contributed by atoms with Crippen LogP contribution in [0, 0.1) is 5.41 Å². The number of hydrogen-bond donors (Lipinski definition) is 0. The van der Waals surface area contributed by atoms with Crippen molar-refractivity contribution in [1.29, 1.82) is 0 Å². The summed E-state index contributed by atoms with van der Waals surface area (Å²) in [6, 6.07) is 5.26. The molecule has 0 saturated heterocycles. The zero-order valence-electron chi connectivity index (χ0n) is 10.8. The smallest absolute Gasteiger partial charge is 0.357 e. The number of hydrogen-bond acceptors (Lipinski definition) is 3. The Bertz CT molecular complexity index is 435. The van der Waals surface area contributed by atoms with Crippen LogP contribution in [0.3, 0.4) is 0 Å². The van der Waals surface area contributed by atoms with E-state index >= 15 is 0 Å². The Morgan fingerprint density at radius 3 is 2.67 bits per heavy atom. The maximum Gasteiger partial charge on any atom is 0.357 e. The van der Waals surface area contributed by atoms with E-state index in [0.717, 1.165) is 25.7 Å². The number of esters is 1. The summed E-state index contributed by atoms with van der Waals surface area (Å²) in [7, 11) is 0. The van der Waals surface area contributed by atoms with Crippen molar-refractivity contribution < 1.29 is 9.53 Å². The first kappa shape index (κ1) is 13.5. The summed E-state index contributed by atoms with van der Waals surface area (Å²) in [5.41, 5.74) is 0.755. The van der Waals surface area contributed by atoms with Gasteiger partial charge in [0.15, 0.2) is 0 Å². The first-order valence-electron chi connectivity index (χ1n) is 6.30. The molecule has 1 aliphatic carbocycles. The summed E-state index contributed by atoms with van der Waals surface area (Å²) in [6.45, 7) is 4.53. The van der Waals surface area contributed by atoms with Gasteiger partial charge in [0.2, 0.25) is 0 Å². The number of halogens is 1. The molecule has 1 saturated carbocycles. The highest BCUT2D eigenvalue weighted by molar-refractivity contribution is 9.10. The average molecular weight is 312 g/mol. The molecule has 1 aliphatic rings. The van der Waals surface area contributed by atoms with Gasteiger partial charge in [0.1, 0.15) is 16.4 Å². The fourth-order valence-corrected chi connectivity index (χ4v) is 2.57. The van der Waals surface area contributed by atoms with Crippen LogP contribution in [0.1, 0.15) is 50.0 Å². The number of pyridine rings is 1. The molecular weight excluding hydrogens is 294 g/mol. The standard InChI is InChI=1S/C14H18BrNO2/c1-14(2)8-6-10(7-9-14)18-13(17)11-4-3-5-12(15)16-11/h3-5,10H,6-9H2,1-2H3. The first-order chi connectivity index (χ1) is 8.46. The molecule has 0 aromatic carbocycles. The van der Waals surface area contributed by atoms with Crippen molar-refractivity contribution in [1.82, 2.24) is 4.98 Å². The van der Waals surface area contributed by atoms with Gasteiger partial charge >= 0.3 is 5.97 Å². The van der Waals surface area contributed by atoms with Crippen molar-refractivity contribution in [3.8, 4) is 0 Å². The van der Waals surface area contributed by atoms with Gasteiger partial charge in [-0.2, -0.15) is 0 Å². The second-order valence-electron chi connectivity index (χ2n) is 5.61. The molecule has 1 aromatic heterocycles. The zero-order valence-corrected chi connectivity index (χ0v) is 12.4. The predicted molar refractivity (Wildman–Crippen MR) is 73.4 cm³/mol. The number of aromatic nitrogens is 1. The third-order valence-electron chi connectivity index (χ3n) is 3.48. The van der Waals surface area contributed by atoms with Crippen molar-refractivity contribution in [2.24, 2.45) is 5.41 Å². The molecule has 0 N–H and O–H groups in total. The minimum absolute atomic E-state index is 0.0475. The van der Waals surface area contributed by atoms with Crippen LogP contribution in [0.15, 0.2) is 22.8 Å². The van der Waals surface area contributed by atoms with Crippen LogP contribution < -0.4 is 0 Å². The Morgan fingerprint density at radius 1 is 1.39 bits per heavy atom. The van der Waals surface area contributed by atoms with Crippen LogP contribution in [0.2, 0.25) is 0 Å². The molecule has 0 atom stereocenters. The summed E-state index contributed by atoms with van der Waals surface area (Å²) in [5, 5.41) is 0. The van der Waals surface area contributed by atoms with Gasteiger partial charge in [-0.25, -0.2) is 9.78 Å². The second-order valence-corrected chi connectivity index (χ2v) is 6.43. The van der Waals surface area contributed by atoms with E-state index in [1.807, 2.05) is 0 Å². The lowest BCUT2D eigenvalue weighted by Gasteiger charge is -2.33. The van der Waals surface area contributed by atoms with Gasteiger partial charge in [0.05, 0.1) is 0 Å². The van der Waals surface area contributed by atoms with Gasteiger partial charge < -0.3 is 4.74 Å². The van der Waals surface area contributed by atoms with Gasteiger partial charge in [0, 0.05) is 0 Å². The number of rotatable bonds is 2. The zero-order chi connectivity index (χ0) is 13.2. The Labute approximate surface area is 116 Å². The SMILES string of the molecule is CC1(C)CCC(OC(=O)c2cccc(Br)n2)CC1. The lowest BCUT2D eigenvalue weighted by atomic mass is 9.76. The normalized spacial score (nSPS) is 19.5. The summed E-state index contributed by atoms with van der Waals surface area (Å²) < 4.78 is 6.16. The van der Waals surface area contributed by atoms with Crippen LogP contribution in [-0.2, 0) is 4.74 Å². The van der Waals surface area contributed by atoms with Crippen LogP contribution >= 0.6 is 15.9 Å². The summed E-state index contributed by atoms with van der Waals surface area (Å²) in [5.74, 6) is -0.319. The summed E-state index contributed by atoms with van der Waals surface area (Å²) >= 11 is 3.25. The molecule has 1 fully saturated rings. The van der Waals surface area contributed by atoms with Crippen LogP contribution in [0.4, 0.5) is 0 Å². The van der Waals surface area contributed by atoms with Crippen LogP contribution in [0.25, 0.3) is 0 Å². The van der Waals surface area contributed by atoms with E-state index in [0.29, 0.717) is 15.7 Å². The topological polar surface area (TPSA) is 39.2 Å². The first-order valence-corrected chi connectivity index (χ1v) is 7.09. The highest BCUT2D eigenvalue weighted by Crippen LogP contribution is 2.36. The molecule has 0 radical (unpaired) electrons. The van der Waals surface area contributed by atoms with E-state index in [9.17, 15) is 4.79 Å². The predicted octanol–water partition coefficient (Wildman–Crippen LogP) is 3.97. The van der Waals surface area contributed by atoms with E-state index in [2.05, 4.69) is 34.8 Å². The Morgan fingerprint density at radius 2 is 2.06 bits per heavy atom. The average Bonchev–Trinajstić information content (AvgIpc) is 2.32. The third kappa shape index (κ3) is 3.55. The lowest BCUT2D eigenvalue weighted by molar-refractivity contribution is 0.00889. The fourth-order valence-electron chi connectivity index (χ4n) is 2.22. The van der Waals surface area contributed by atoms with Crippen molar-refractivity contribution >= 4 is 21.9 Å². The molecule has 18 heavy (non-hydrogen) atoms. The quantitative estimate of drug-likeness (QED) is 0.613. The molecule has 0 unspecified atom stereocenters. The molecule has 0 aliphatic heterocycles. The Kier molecular flexibility index (Phi) is 4.05. The van der Waals surface area contributed by atoms with E-state index in [-0.39, 0.29) is 12.1 Å². The van der Waals surface area contributed by atoms with Crippen molar-refractivity contribution in [2.45, 2.75) is 45.6 Å². The van der Waals surface area contributed by atoms with Crippen molar-refractivity contribution in [3.05, 3.63) is 28.5 Å². The number of carbonyl (C=O) groups is 1. The van der Waals surface area contributed by atoms with Gasteiger partial charge in [-0.15, -0.1) is 0 Å². The minimum atomic E-state index is -0.319. The fraction of sp³-hybridized carbons (Fsp3) is 0.571. The number of carbonyl (C=O) groups excluding carboxylic acids is 1. The lowest BCUT2D eigenvalue weighted by Crippen LogP contribution is -2.28.